The van der Waals surface area contributed by atoms with Crippen LogP contribution in [-0.4, -0.2) is 64.9 Å². The maximum Gasteiger partial charge on any atom is 0.242 e. The van der Waals surface area contributed by atoms with E-state index in [2.05, 4.69) is 62.7 Å². The average molecular weight is 470 g/mol. The van der Waals surface area contributed by atoms with E-state index in [-0.39, 0.29) is 12.5 Å². The topological polar surface area (TPSA) is 61.4 Å². The Morgan fingerprint density at radius 3 is 2.47 bits per heavy atom. The highest BCUT2D eigenvalue weighted by atomic mass is 32.1. The van der Waals surface area contributed by atoms with Crippen LogP contribution < -0.4 is 5.32 Å². The molecule has 4 aromatic rings. The van der Waals surface area contributed by atoms with Gasteiger partial charge in [-0.3, -0.25) is 9.69 Å². The quantitative estimate of drug-likeness (QED) is 0.428. The third-order valence-electron chi connectivity index (χ3n) is 5.99. The third-order valence-corrected chi connectivity index (χ3v) is 7.09. The van der Waals surface area contributed by atoms with E-state index in [4.69, 9.17) is 0 Å². The van der Waals surface area contributed by atoms with Gasteiger partial charge < -0.3 is 10.2 Å². The van der Waals surface area contributed by atoms with Crippen molar-refractivity contribution >= 4 is 39.4 Å². The summed E-state index contributed by atoms with van der Waals surface area (Å²) in [6, 6.07) is 22.7. The van der Waals surface area contributed by atoms with Gasteiger partial charge in [-0.15, -0.1) is 11.3 Å². The molecular formula is C27H27N5OS. The summed E-state index contributed by atoms with van der Waals surface area (Å²) in [5, 5.41) is 4.21. The number of rotatable bonds is 7. The number of piperazine rings is 1. The SMILES string of the molecule is O=C(CNc1ncnc2sc(-c3ccccc3)cc12)N1CCN(C/C=C/c2ccccc2)CC1. The molecule has 0 atom stereocenters. The number of hydrogen-bond acceptors (Lipinski definition) is 6. The summed E-state index contributed by atoms with van der Waals surface area (Å²) >= 11 is 1.63. The van der Waals surface area contributed by atoms with Gasteiger partial charge in [0.2, 0.25) is 5.91 Å². The maximum atomic E-state index is 12.8. The van der Waals surface area contributed by atoms with Crippen LogP contribution in [0.15, 0.2) is 79.1 Å². The Kier molecular flexibility index (Phi) is 6.93. The lowest BCUT2D eigenvalue weighted by molar-refractivity contribution is -0.130. The van der Waals surface area contributed by atoms with Crippen LogP contribution in [0.25, 0.3) is 26.7 Å². The smallest absolute Gasteiger partial charge is 0.242 e. The molecule has 1 aliphatic rings. The molecule has 1 N–H and O–H groups in total. The van der Waals surface area contributed by atoms with Crippen LogP contribution in [0.4, 0.5) is 5.82 Å². The summed E-state index contributed by atoms with van der Waals surface area (Å²) < 4.78 is 0. The Bertz CT molecular complexity index is 1260. The molecule has 34 heavy (non-hydrogen) atoms. The number of benzene rings is 2. The van der Waals surface area contributed by atoms with Crippen LogP contribution in [0.2, 0.25) is 0 Å². The minimum absolute atomic E-state index is 0.102. The van der Waals surface area contributed by atoms with Crippen molar-refractivity contribution in [3.05, 3.63) is 84.7 Å². The first-order valence-corrected chi connectivity index (χ1v) is 12.3. The number of carbonyl (C=O) groups excluding carboxylic acids is 1. The molecule has 2 aromatic carbocycles. The largest absolute Gasteiger partial charge is 0.360 e. The van der Waals surface area contributed by atoms with E-state index in [0.29, 0.717) is 5.82 Å². The monoisotopic (exact) mass is 469 g/mol. The Morgan fingerprint density at radius 1 is 0.971 bits per heavy atom. The second-order valence-electron chi connectivity index (χ2n) is 8.27. The molecule has 0 spiro atoms. The maximum absolute atomic E-state index is 12.8. The lowest BCUT2D eigenvalue weighted by atomic mass is 10.2. The Labute approximate surface area is 203 Å². The number of nitrogens with zero attached hydrogens (tertiary/aromatic N) is 4. The van der Waals surface area contributed by atoms with Crippen LogP contribution in [-0.2, 0) is 4.79 Å². The molecule has 5 rings (SSSR count). The summed E-state index contributed by atoms with van der Waals surface area (Å²) in [5.74, 6) is 0.811. The second kappa shape index (κ2) is 10.6. The number of carbonyl (C=O) groups is 1. The molecule has 0 unspecified atom stereocenters. The van der Waals surface area contributed by atoms with E-state index >= 15 is 0 Å². The molecule has 172 valence electrons. The molecule has 1 fully saturated rings. The van der Waals surface area contributed by atoms with Crippen LogP contribution in [0.1, 0.15) is 5.56 Å². The Balaban J connectivity index is 1.14. The van der Waals surface area contributed by atoms with Gasteiger partial charge in [-0.2, -0.15) is 0 Å². The van der Waals surface area contributed by atoms with Gasteiger partial charge in [0.25, 0.3) is 0 Å². The van der Waals surface area contributed by atoms with Crippen LogP contribution >= 0.6 is 11.3 Å². The Hall–Kier alpha value is -3.55. The van der Waals surface area contributed by atoms with E-state index in [0.717, 1.165) is 53.4 Å². The molecule has 1 saturated heterocycles. The first-order chi connectivity index (χ1) is 16.8. The van der Waals surface area contributed by atoms with Crippen LogP contribution in [0.3, 0.4) is 0 Å². The van der Waals surface area contributed by atoms with Crippen LogP contribution in [0, 0.1) is 0 Å². The zero-order valence-corrected chi connectivity index (χ0v) is 19.7. The van der Waals surface area contributed by atoms with Crippen molar-refractivity contribution in [1.82, 2.24) is 19.8 Å². The van der Waals surface area contributed by atoms with Gasteiger partial charge in [0.05, 0.1) is 11.9 Å². The zero-order chi connectivity index (χ0) is 23.2. The fraction of sp³-hybridized carbons (Fsp3) is 0.222. The molecule has 7 heteroatoms. The lowest BCUT2D eigenvalue weighted by Crippen LogP contribution is -2.50. The fourth-order valence-electron chi connectivity index (χ4n) is 4.09. The first kappa shape index (κ1) is 22.3. The molecule has 0 aliphatic carbocycles. The van der Waals surface area contributed by atoms with Gasteiger partial charge in [0.1, 0.15) is 17.0 Å². The summed E-state index contributed by atoms with van der Waals surface area (Å²) in [7, 11) is 0. The van der Waals surface area contributed by atoms with E-state index < -0.39 is 0 Å². The predicted octanol–water partition coefficient (Wildman–Crippen LogP) is 4.63. The number of nitrogens with one attached hydrogen (secondary N) is 1. The molecule has 0 bridgehead atoms. The van der Waals surface area contributed by atoms with Gasteiger partial charge in [-0.05, 0) is 17.2 Å². The first-order valence-electron chi connectivity index (χ1n) is 11.5. The predicted molar refractivity (Wildman–Crippen MR) is 140 cm³/mol. The van der Waals surface area contributed by atoms with E-state index in [9.17, 15) is 4.79 Å². The van der Waals surface area contributed by atoms with Crippen molar-refractivity contribution in [2.75, 3.05) is 44.6 Å². The molecular weight excluding hydrogens is 442 g/mol. The van der Waals surface area contributed by atoms with E-state index in [1.54, 1.807) is 17.7 Å². The van der Waals surface area contributed by atoms with Crippen molar-refractivity contribution < 1.29 is 4.79 Å². The minimum Gasteiger partial charge on any atom is -0.360 e. The molecule has 0 saturated carbocycles. The highest BCUT2D eigenvalue weighted by Crippen LogP contribution is 2.34. The van der Waals surface area contributed by atoms with Gasteiger partial charge in [-0.1, -0.05) is 72.8 Å². The van der Waals surface area contributed by atoms with Crippen molar-refractivity contribution in [3.8, 4) is 10.4 Å². The second-order valence-corrected chi connectivity index (χ2v) is 9.30. The van der Waals surface area contributed by atoms with Gasteiger partial charge in [0, 0.05) is 37.6 Å². The summed E-state index contributed by atoms with van der Waals surface area (Å²) in [6.45, 7) is 4.39. The van der Waals surface area contributed by atoms with Gasteiger partial charge in [-0.25, -0.2) is 9.97 Å². The van der Waals surface area contributed by atoms with E-state index in [1.165, 1.54) is 5.56 Å². The number of hydrogen-bond donors (Lipinski definition) is 1. The molecule has 1 amide bonds. The number of fused-ring (bicyclic) bond motifs is 1. The summed E-state index contributed by atoms with van der Waals surface area (Å²) in [4.78, 5) is 28.0. The normalized spacial score (nSPS) is 14.6. The highest BCUT2D eigenvalue weighted by Gasteiger charge is 2.20. The highest BCUT2D eigenvalue weighted by molar-refractivity contribution is 7.21. The molecule has 6 nitrogen and oxygen atoms in total. The molecule has 3 heterocycles. The lowest BCUT2D eigenvalue weighted by Gasteiger charge is -2.34. The van der Waals surface area contributed by atoms with Crippen molar-refractivity contribution in [3.63, 3.8) is 0 Å². The number of aromatic nitrogens is 2. The van der Waals surface area contributed by atoms with Crippen LogP contribution in [0.5, 0.6) is 0 Å². The molecule has 1 aliphatic heterocycles. The van der Waals surface area contributed by atoms with Gasteiger partial charge >= 0.3 is 0 Å². The van der Waals surface area contributed by atoms with Crippen molar-refractivity contribution in [1.29, 1.82) is 0 Å². The standard InChI is InChI=1S/C27H27N5OS/c33-25(32-16-14-31(15-17-32)13-7-10-21-8-3-1-4-9-21)19-28-26-23-18-24(22-11-5-2-6-12-22)34-27(23)30-20-29-26/h1-12,18,20H,13-17,19H2,(H,28,29,30)/b10-7+. The number of amides is 1. The minimum atomic E-state index is 0.102. The number of thiophene rings is 1. The third kappa shape index (κ3) is 5.32. The Morgan fingerprint density at radius 2 is 1.71 bits per heavy atom. The summed E-state index contributed by atoms with van der Waals surface area (Å²) in [5.41, 5.74) is 2.37. The van der Waals surface area contributed by atoms with Crippen molar-refractivity contribution in [2.24, 2.45) is 0 Å². The fourth-order valence-corrected chi connectivity index (χ4v) is 5.10. The van der Waals surface area contributed by atoms with Crippen molar-refractivity contribution in [2.45, 2.75) is 0 Å². The van der Waals surface area contributed by atoms with E-state index in [1.807, 2.05) is 41.3 Å². The summed E-state index contributed by atoms with van der Waals surface area (Å²) in [6.07, 6.45) is 5.90. The number of anilines is 1. The molecule has 2 aromatic heterocycles. The molecule has 0 radical (unpaired) electrons. The zero-order valence-electron chi connectivity index (χ0n) is 18.9. The van der Waals surface area contributed by atoms with Gasteiger partial charge in [0.15, 0.2) is 0 Å². The average Bonchev–Trinajstić information content (AvgIpc) is 3.34.